The van der Waals surface area contributed by atoms with Crippen LogP contribution in [0, 0.1) is 17.0 Å². The van der Waals surface area contributed by atoms with Gasteiger partial charge in [-0.2, -0.15) is 0 Å². The van der Waals surface area contributed by atoms with Gasteiger partial charge in [0.1, 0.15) is 11.5 Å². The Kier molecular flexibility index (Phi) is 4.93. The molecule has 1 heterocycles. The predicted molar refractivity (Wildman–Crippen MR) is 95.7 cm³/mol. The molecule has 0 saturated carbocycles. The SMILES string of the molecule is Cc1cc(OCC(=O)N2C[C@H](C(N)=O)Oc3ccccc32)ccc1[N+](=O)[O-]. The van der Waals surface area contributed by atoms with Crippen LogP contribution in [0.2, 0.25) is 0 Å². The van der Waals surface area contributed by atoms with Crippen molar-refractivity contribution in [2.45, 2.75) is 13.0 Å². The average Bonchev–Trinajstić information content (AvgIpc) is 2.64. The molecule has 140 valence electrons. The van der Waals surface area contributed by atoms with E-state index in [-0.39, 0.29) is 18.8 Å². The molecule has 9 nitrogen and oxygen atoms in total. The second kappa shape index (κ2) is 7.32. The third-order valence-corrected chi connectivity index (χ3v) is 4.12. The molecule has 1 atom stereocenters. The van der Waals surface area contributed by atoms with Crippen molar-refractivity contribution in [3.05, 3.63) is 58.1 Å². The zero-order chi connectivity index (χ0) is 19.6. The van der Waals surface area contributed by atoms with Gasteiger partial charge in [0.05, 0.1) is 17.2 Å². The zero-order valence-electron chi connectivity index (χ0n) is 14.5. The number of aryl methyl sites for hydroxylation is 1. The first-order chi connectivity index (χ1) is 12.9. The molecule has 1 aliphatic rings. The van der Waals surface area contributed by atoms with Gasteiger partial charge in [-0.15, -0.1) is 0 Å². The molecule has 0 bridgehead atoms. The van der Waals surface area contributed by atoms with E-state index >= 15 is 0 Å². The monoisotopic (exact) mass is 371 g/mol. The van der Waals surface area contributed by atoms with Crippen molar-refractivity contribution < 1.29 is 24.0 Å². The van der Waals surface area contributed by atoms with Crippen LogP contribution in [-0.2, 0) is 9.59 Å². The summed E-state index contributed by atoms with van der Waals surface area (Å²) in [7, 11) is 0. The molecule has 2 aromatic carbocycles. The topological polar surface area (TPSA) is 125 Å². The van der Waals surface area contributed by atoms with E-state index in [9.17, 15) is 19.7 Å². The summed E-state index contributed by atoms with van der Waals surface area (Å²) in [4.78, 5) is 35.9. The lowest BCUT2D eigenvalue weighted by atomic mass is 10.1. The number of amides is 2. The number of anilines is 1. The molecule has 0 saturated heterocycles. The molecular formula is C18H17N3O6. The Morgan fingerprint density at radius 1 is 1.33 bits per heavy atom. The highest BCUT2D eigenvalue weighted by atomic mass is 16.6. The summed E-state index contributed by atoms with van der Waals surface area (Å²) >= 11 is 0. The fourth-order valence-electron chi connectivity index (χ4n) is 2.76. The zero-order valence-corrected chi connectivity index (χ0v) is 14.5. The lowest BCUT2D eigenvalue weighted by molar-refractivity contribution is -0.385. The van der Waals surface area contributed by atoms with Crippen LogP contribution in [0.1, 0.15) is 5.56 Å². The van der Waals surface area contributed by atoms with Gasteiger partial charge in [0.2, 0.25) is 0 Å². The molecule has 0 aromatic heterocycles. The maximum atomic E-state index is 12.6. The summed E-state index contributed by atoms with van der Waals surface area (Å²) in [6.45, 7) is 1.26. The maximum absolute atomic E-state index is 12.6. The Morgan fingerprint density at radius 2 is 2.07 bits per heavy atom. The number of nitrogens with two attached hydrogens (primary N) is 1. The first-order valence-corrected chi connectivity index (χ1v) is 8.10. The van der Waals surface area contributed by atoms with Crippen LogP contribution in [0.3, 0.4) is 0 Å². The number of ether oxygens (including phenoxy) is 2. The van der Waals surface area contributed by atoms with E-state index in [0.29, 0.717) is 22.7 Å². The van der Waals surface area contributed by atoms with Crippen molar-refractivity contribution in [3.8, 4) is 11.5 Å². The highest BCUT2D eigenvalue weighted by Gasteiger charge is 2.32. The van der Waals surface area contributed by atoms with Crippen molar-refractivity contribution in [1.29, 1.82) is 0 Å². The van der Waals surface area contributed by atoms with Gasteiger partial charge in [-0.3, -0.25) is 19.7 Å². The second-order valence-corrected chi connectivity index (χ2v) is 5.98. The number of hydrogen-bond donors (Lipinski definition) is 1. The fraction of sp³-hybridized carbons (Fsp3) is 0.222. The van der Waals surface area contributed by atoms with Crippen LogP contribution in [0.4, 0.5) is 11.4 Å². The molecule has 2 amide bonds. The molecular weight excluding hydrogens is 354 g/mol. The van der Waals surface area contributed by atoms with Gasteiger partial charge in [-0.05, 0) is 31.2 Å². The largest absolute Gasteiger partial charge is 0.484 e. The molecule has 0 radical (unpaired) electrons. The van der Waals surface area contributed by atoms with Crippen LogP contribution in [-0.4, -0.2) is 36.0 Å². The fourth-order valence-corrected chi connectivity index (χ4v) is 2.76. The maximum Gasteiger partial charge on any atom is 0.272 e. The van der Waals surface area contributed by atoms with E-state index < -0.39 is 22.8 Å². The average molecular weight is 371 g/mol. The number of nitro groups is 1. The first kappa shape index (κ1) is 18.2. The third-order valence-electron chi connectivity index (χ3n) is 4.12. The molecule has 1 aliphatic heterocycles. The summed E-state index contributed by atoms with van der Waals surface area (Å²) in [5.41, 5.74) is 6.23. The highest BCUT2D eigenvalue weighted by molar-refractivity contribution is 5.98. The van der Waals surface area contributed by atoms with E-state index in [1.165, 1.54) is 23.1 Å². The Balaban J connectivity index is 1.75. The molecule has 9 heteroatoms. The summed E-state index contributed by atoms with van der Waals surface area (Å²) in [6, 6.07) is 11.0. The Hall–Kier alpha value is -3.62. The first-order valence-electron chi connectivity index (χ1n) is 8.10. The van der Waals surface area contributed by atoms with Crippen LogP contribution in [0.5, 0.6) is 11.5 Å². The van der Waals surface area contributed by atoms with Gasteiger partial charge >= 0.3 is 0 Å². The minimum atomic E-state index is -0.953. The summed E-state index contributed by atoms with van der Waals surface area (Å²) in [5, 5.41) is 10.9. The molecule has 0 spiro atoms. The van der Waals surface area contributed by atoms with E-state index in [1.807, 2.05) is 0 Å². The summed E-state index contributed by atoms with van der Waals surface area (Å²) < 4.78 is 11.0. The predicted octanol–water partition coefficient (Wildman–Crippen LogP) is 1.56. The van der Waals surface area contributed by atoms with Gasteiger partial charge in [0.15, 0.2) is 12.7 Å². The van der Waals surface area contributed by atoms with Gasteiger partial charge in [-0.25, -0.2) is 0 Å². The number of para-hydroxylation sites is 2. The Labute approximate surface area is 154 Å². The molecule has 2 aromatic rings. The number of rotatable bonds is 5. The normalized spacial score (nSPS) is 15.4. The van der Waals surface area contributed by atoms with Crippen LogP contribution >= 0.6 is 0 Å². The Bertz CT molecular complexity index is 914. The van der Waals surface area contributed by atoms with Crippen LogP contribution in [0.25, 0.3) is 0 Å². The number of benzene rings is 2. The van der Waals surface area contributed by atoms with Gasteiger partial charge in [-0.1, -0.05) is 12.1 Å². The molecule has 0 aliphatic carbocycles. The summed E-state index contributed by atoms with van der Waals surface area (Å²) in [6.07, 6.45) is -0.953. The van der Waals surface area contributed by atoms with Crippen molar-refractivity contribution >= 4 is 23.2 Å². The molecule has 27 heavy (non-hydrogen) atoms. The standard InChI is InChI=1S/C18H17N3O6/c1-11-8-12(6-7-13(11)21(24)25)26-10-17(22)20-9-16(18(19)23)27-15-5-3-2-4-14(15)20/h2-8,16H,9-10H2,1H3,(H2,19,23)/t16-/m1/s1. The van der Waals surface area contributed by atoms with E-state index in [0.717, 1.165) is 0 Å². The minimum absolute atomic E-state index is 0.0200. The van der Waals surface area contributed by atoms with E-state index in [1.54, 1.807) is 31.2 Å². The minimum Gasteiger partial charge on any atom is -0.484 e. The van der Waals surface area contributed by atoms with Crippen molar-refractivity contribution in [2.75, 3.05) is 18.1 Å². The lowest BCUT2D eigenvalue weighted by Gasteiger charge is -2.33. The quantitative estimate of drug-likeness (QED) is 0.628. The van der Waals surface area contributed by atoms with E-state index in [4.69, 9.17) is 15.2 Å². The number of nitro benzene ring substituents is 1. The number of hydrogen-bond acceptors (Lipinski definition) is 6. The third kappa shape index (κ3) is 3.81. The number of carbonyl (C=O) groups is 2. The van der Waals surface area contributed by atoms with E-state index in [2.05, 4.69) is 0 Å². The number of fused-ring (bicyclic) bond motifs is 1. The smallest absolute Gasteiger partial charge is 0.272 e. The Morgan fingerprint density at radius 3 is 2.74 bits per heavy atom. The van der Waals surface area contributed by atoms with Crippen molar-refractivity contribution in [1.82, 2.24) is 0 Å². The number of primary amides is 1. The molecule has 0 fully saturated rings. The van der Waals surface area contributed by atoms with Crippen molar-refractivity contribution in [2.24, 2.45) is 5.73 Å². The van der Waals surface area contributed by atoms with Crippen LogP contribution in [0.15, 0.2) is 42.5 Å². The number of carbonyl (C=O) groups excluding carboxylic acids is 2. The highest BCUT2D eigenvalue weighted by Crippen LogP contribution is 2.33. The molecule has 2 N–H and O–H groups in total. The lowest BCUT2D eigenvalue weighted by Crippen LogP contribution is -2.50. The van der Waals surface area contributed by atoms with Gasteiger partial charge in [0, 0.05) is 11.6 Å². The van der Waals surface area contributed by atoms with Crippen molar-refractivity contribution in [3.63, 3.8) is 0 Å². The molecule has 3 rings (SSSR count). The second-order valence-electron chi connectivity index (χ2n) is 5.98. The van der Waals surface area contributed by atoms with Crippen LogP contribution < -0.4 is 20.1 Å². The molecule has 0 unspecified atom stereocenters. The van der Waals surface area contributed by atoms with Gasteiger partial charge in [0.25, 0.3) is 17.5 Å². The summed E-state index contributed by atoms with van der Waals surface area (Å²) in [5.74, 6) is -0.353. The van der Waals surface area contributed by atoms with Gasteiger partial charge < -0.3 is 20.1 Å². The number of nitrogens with zero attached hydrogens (tertiary/aromatic N) is 2.